The van der Waals surface area contributed by atoms with Gasteiger partial charge in [-0.1, -0.05) is 12.1 Å². The molecule has 0 spiro atoms. The van der Waals surface area contributed by atoms with E-state index in [0.29, 0.717) is 5.56 Å². The Morgan fingerprint density at radius 3 is 2.30 bits per heavy atom. The molecule has 27 heavy (non-hydrogen) atoms. The van der Waals surface area contributed by atoms with Crippen LogP contribution >= 0.6 is 0 Å². The van der Waals surface area contributed by atoms with Gasteiger partial charge in [0, 0.05) is 12.5 Å². The van der Waals surface area contributed by atoms with E-state index in [9.17, 15) is 14.4 Å². The Labute approximate surface area is 158 Å². The van der Waals surface area contributed by atoms with Crippen LogP contribution in [0.25, 0.3) is 0 Å². The van der Waals surface area contributed by atoms with Crippen LogP contribution in [-0.2, 0) is 35.1 Å². The van der Waals surface area contributed by atoms with Gasteiger partial charge in [-0.3, -0.25) is 4.79 Å². The van der Waals surface area contributed by atoms with Gasteiger partial charge in [-0.15, -0.1) is 0 Å². The van der Waals surface area contributed by atoms with Crippen molar-refractivity contribution in [2.24, 2.45) is 0 Å². The van der Waals surface area contributed by atoms with Crippen molar-refractivity contribution in [1.82, 2.24) is 0 Å². The largest absolute Gasteiger partial charge is 0.500 e. The lowest BCUT2D eigenvalue weighted by atomic mass is 10.1. The van der Waals surface area contributed by atoms with Crippen LogP contribution in [0.4, 0.5) is 0 Å². The number of hydrogen-bond donors (Lipinski definition) is 0. The maximum Gasteiger partial charge on any atom is 0.377 e. The van der Waals surface area contributed by atoms with E-state index < -0.39 is 23.5 Å². The molecular formula is C19H24O8. The van der Waals surface area contributed by atoms with Gasteiger partial charge < -0.3 is 23.7 Å². The van der Waals surface area contributed by atoms with Gasteiger partial charge in [-0.25, -0.2) is 9.59 Å². The average Bonchev–Trinajstić information content (AvgIpc) is 2.57. The van der Waals surface area contributed by atoms with Gasteiger partial charge in [0.25, 0.3) is 0 Å². The maximum atomic E-state index is 12.7. The summed E-state index contributed by atoms with van der Waals surface area (Å²) in [6.45, 7) is 6.23. The molecule has 1 aromatic rings. The van der Waals surface area contributed by atoms with Crippen molar-refractivity contribution in [2.75, 3.05) is 14.2 Å². The zero-order chi connectivity index (χ0) is 20.6. The van der Waals surface area contributed by atoms with Gasteiger partial charge in [0.2, 0.25) is 5.76 Å². The predicted molar refractivity (Wildman–Crippen MR) is 94.8 cm³/mol. The third-order valence-electron chi connectivity index (χ3n) is 2.98. The third kappa shape index (κ3) is 7.01. The van der Waals surface area contributed by atoms with E-state index in [1.54, 1.807) is 32.9 Å². The van der Waals surface area contributed by atoms with E-state index in [-0.39, 0.29) is 23.7 Å². The van der Waals surface area contributed by atoms with Crippen LogP contribution in [0.1, 0.15) is 43.6 Å². The molecule has 0 saturated carbocycles. The minimum atomic E-state index is -0.794. The Morgan fingerprint density at radius 1 is 1.11 bits per heavy atom. The molecule has 0 amide bonds. The highest BCUT2D eigenvalue weighted by molar-refractivity contribution is 5.95. The number of hydrogen-bond acceptors (Lipinski definition) is 8. The van der Waals surface area contributed by atoms with Crippen molar-refractivity contribution in [1.29, 1.82) is 0 Å². The minimum absolute atomic E-state index is 0.0274. The summed E-state index contributed by atoms with van der Waals surface area (Å²) >= 11 is 0. The summed E-state index contributed by atoms with van der Waals surface area (Å²) in [7, 11) is 2.51. The molecule has 0 saturated heterocycles. The Kier molecular flexibility index (Phi) is 7.83. The number of benzene rings is 1. The highest BCUT2D eigenvalue weighted by atomic mass is 16.6. The van der Waals surface area contributed by atoms with Crippen LogP contribution in [0.15, 0.2) is 30.2 Å². The maximum absolute atomic E-state index is 12.7. The van der Waals surface area contributed by atoms with Crippen LogP contribution in [0, 0.1) is 0 Å². The summed E-state index contributed by atoms with van der Waals surface area (Å²) in [6, 6.07) is 4.65. The van der Waals surface area contributed by atoms with Crippen LogP contribution in [0.2, 0.25) is 0 Å². The quantitative estimate of drug-likeness (QED) is 0.308. The fourth-order valence-electron chi connectivity index (χ4n) is 1.96. The lowest BCUT2D eigenvalue weighted by Gasteiger charge is -2.22. The predicted octanol–water partition coefficient (Wildman–Crippen LogP) is 2.74. The topological polar surface area (TPSA) is 97.4 Å². The van der Waals surface area contributed by atoms with E-state index in [0.717, 1.165) is 6.26 Å². The van der Waals surface area contributed by atoms with Crippen LogP contribution in [0.3, 0.4) is 0 Å². The molecule has 0 heterocycles. The van der Waals surface area contributed by atoms with Crippen molar-refractivity contribution in [3.63, 3.8) is 0 Å². The highest BCUT2D eigenvalue weighted by Gasteiger charge is 2.26. The standard InChI is InChI=1S/C19H24O8/c1-12(20)25-10-13-8-7-9-14(16(13)18(22)27-19(2,3)4)26-15(11-23-5)17(21)24-6/h7-9,11H,10H2,1-6H3. The number of methoxy groups -OCH3 is 2. The SMILES string of the molecule is COC=C(Oc1cccc(COC(C)=O)c1C(=O)OC(C)(C)C)C(=O)OC. The third-order valence-corrected chi connectivity index (χ3v) is 2.98. The van der Waals surface area contributed by atoms with Gasteiger partial charge in [0.05, 0.1) is 14.2 Å². The fourth-order valence-corrected chi connectivity index (χ4v) is 1.96. The van der Waals surface area contributed by atoms with E-state index in [1.165, 1.54) is 27.2 Å². The Bertz CT molecular complexity index is 728. The summed E-state index contributed by atoms with van der Waals surface area (Å²) in [4.78, 5) is 35.7. The molecule has 0 aliphatic rings. The minimum Gasteiger partial charge on any atom is -0.500 e. The van der Waals surface area contributed by atoms with Gasteiger partial charge in [0.1, 0.15) is 29.8 Å². The first-order valence-electron chi connectivity index (χ1n) is 8.06. The first-order chi connectivity index (χ1) is 12.6. The normalized spacial score (nSPS) is 11.4. The number of rotatable bonds is 7. The van der Waals surface area contributed by atoms with Crippen molar-refractivity contribution < 1.29 is 38.1 Å². The molecule has 0 unspecified atom stereocenters. The molecule has 148 valence electrons. The van der Waals surface area contributed by atoms with Crippen LogP contribution in [-0.4, -0.2) is 37.7 Å². The molecule has 8 heteroatoms. The van der Waals surface area contributed by atoms with Crippen LogP contribution < -0.4 is 4.74 Å². The zero-order valence-electron chi connectivity index (χ0n) is 16.3. The van der Waals surface area contributed by atoms with Crippen molar-refractivity contribution in [3.8, 4) is 5.75 Å². The second-order valence-electron chi connectivity index (χ2n) is 6.38. The highest BCUT2D eigenvalue weighted by Crippen LogP contribution is 2.28. The molecule has 0 radical (unpaired) electrons. The van der Waals surface area contributed by atoms with Gasteiger partial charge >= 0.3 is 17.9 Å². The summed E-state index contributed by atoms with van der Waals surface area (Å²) in [5, 5.41) is 0. The smallest absolute Gasteiger partial charge is 0.377 e. The molecule has 1 rings (SSSR count). The van der Waals surface area contributed by atoms with E-state index in [1.807, 2.05) is 0 Å². The molecule has 0 atom stereocenters. The van der Waals surface area contributed by atoms with E-state index in [2.05, 4.69) is 4.74 Å². The molecule has 1 aromatic carbocycles. The van der Waals surface area contributed by atoms with Gasteiger partial charge in [0.15, 0.2) is 0 Å². The monoisotopic (exact) mass is 380 g/mol. The molecule has 0 N–H and O–H groups in total. The molecule has 0 aliphatic carbocycles. The molecule has 0 aromatic heterocycles. The summed E-state index contributed by atoms with van der Waals surface area (Å²) in [6.07, 6.45) is 1.05. The molecule has 8 nitrogen and oxygen atoms in total. The second kappa shape index (κ2) is 9.61. The first-order valence-corrected chi connectivity index (χ1v) is 8.06. The fraction of sp³-hybridized carbons (Fsp3) is 0.421. The number of ether oxygens (including phenoxy) is 5. The molecule has 0 fully saturated rings. The van der Waals surface area contributed by atoms with E-state index in [4.69, 9.17) is 18.9 Å². The summed E-state index contributed by atoms with van der Waals surface area (Å²) < 4.78 is 25.4. The van der Waals surface area contributed by atoms with Gasteiger partial charge in [-0.05, 0) is 26.8 Å². The van der Waals surface area contributed by atoms with Crippen molar-refractivity contribution >= 4 is 17.9 Å². The number of carbonyl (C=O) groups excluding carboxylic acids is 3. The Hall–Kier alpha value is -3.03. The summed E-state index contributed by atoms with van der Waals surface area (Å²) in [5.74, 6) is -2.23. The van der Waals surface area contributed by atoms with E-state index >= 15 is 0 Å². The summed E-state index contributed by atoms with van der Waals surface area (Å²) in [5.41, 5.74) is -0.380. The van der Waals surface area contributed by atoms with Crippen LogP contribution in [0.5, 0.6) is 5.75 Å². The average molecular weight is 380 g/mol. The molecular weight excluding hydrogens is 356 g/mol. The second-order valence-corrected chi connectivity index (χ2v) is 6.38. The van der Waals surface area contributed by atoms with Gasteiger partial charge in [-0.2, -0.15) is 0 Å². The first kappa shape index (κ1) is 22.0. The zero-order valence-corrected chi connectivity index (χ0v) is 16.3. The van der Waals surface area contributed by atoms with Crippen molar-refractivity contribution in [3.05, 3.63) is 41.3 Å². The Balaban J connectivity index is 3.38. The molecule has 0 aliphatic heterocycles. The Morgan fingerprint density at radius 2 is 1.78 bits per heavy atom. The number of carbonyl (C=O) groups is 3. The van der Waals surface area contributed by atoms with Crippen molar-refractivity contribution in [2.45, 2.75) is 39.9 Å². The number of esters is 3. The lowest BCUT2D eigenvalue weighted by molar-refractivity contribution is -0.142. The lowest BCUT2D eigenvalue weighted by Crippen LogP contribution is -2.25. The molecule has 0 bridgehead atoms.